The predicted octanol–water partition coefficient (Wildman–Crippen LogP) is 5.88. The van der Waals surface area contributed by atoms with Crippen molar-refractivity contribution in [3.63, 3.8) is 0 Å². The second kappa shape index (κ2) is 10.4. The summed E-state index contributed by atoms with van der Waals surface area (Å²) in [5, 5.41) is 15.4. The molecule has 0 amide bonds. The molecule has 1 saturated carbocycles. The number of aromatic nitrogens is 2. The lowest BCUT2D eigenvalue weighted by molar-refractivity contribution is 0.112. The van der Waals surface area contributed by atoms with Crippen molar-refractivity contribution in [1.82, 2.24) is 15.1 Å². The molecule has 0 atom stereocenters. The third kappa shape index (κ3) is 5.14. The number of rotatable bonds is 8. The van der Waals surface area contributed by atoms with Gasteiger partial charge in [-0.1, -0.05) is 29.8 Å². The Bertz CT molecular complexity index is 1050. The van der Waals surface area contributed by atoms with Gasteiger partial charge in [-0.15, -0.1) is 0 Å². The van der Waals surface area contributed by atoms with Crippen LogP contribution in [0.1, 0.15) is 47.8 Å². The fourth-order valence-electron chi connectivity index (χ4n) is 4.18. The summed E-state index contributed by atoms with van der Waals surface area (Å²) in [4.78, 5) is 12.0. The minimum absolute atomic E-state index is 0.236. The number of benzene rings is 2. The Hall–Kier alpha value is -3.25. The standard InChI is InChI=1S/C25H28ClN5O/c1-27-16-15-24-23(17-32)25(29-21-9-7-18(26)8-10-21)30-31(24)22-13-11-20(12-14-22)28-19-5-3-2-4-6-19/h2-10,15-17,20,22,27-28H,11-14H2,1H3,(H,29,30)/b16-15-. The molecule has 0 spiro atoms. The molecule has 0 radical (unpaired) electrons. The maximum atomic E-state index is 12.0. The van der Waals surface area contributed by atoms with E-state index in [1.165, 1.54) is 0 Å². The van der Waals surface area contributed by atoms with E-state index in [2.05, 4.69) is 28.1 Å². The van der Waals surface area contributed by atoms with E-state index < -0.39 is 0 Å². The first-order valence-electron chi connectivity index (χ1n) is 10.9. The minimum Gasteiger partial charge on any atom is -0.394 e. The van der Waals surface area contributed by atoms with Gasteiger partial charge in [0.05, 0.1) is 17.3 Å². The molecule has 1 aromatic heterocycles. The number of hydrogen-bond acceptors (Lipinski definition) is 5. The van der Waals surface area contributed by atoms with E-state index in [-0.39, 0.29) is 6.04 Å². The topological polar surface area (TPSA) is 71.0 Å². The number of carbonyl (C=O) groups is 1. The van der Waals surface area contributed by atoms with Crippen LogP contribution in [0.4, 0.5) is 17.2 Å². The lowest BCUT2D eigenvalue weighted by Gasteiger charge is -2.30. The third-order valence-electron chi connectivity index (χ3n) is 5.81. The lowest BCUT2D eigenvalue weighted by Crippen LogP contribution is -2.28. The zero-order chi connectivity index (χ0) is 22.3. The summed E-state index contributed by atoms with van der Waals surface area (Å²) in [7, 11) is 1.84. The van der Waals surface area contributed by atoms with Gasteiger partial charge in [0.2, 0.25) is 0 Å². The van der Waals surface area contributed by atoms with E-state index in [1.807, 2.05) is 66.5 Å². The molecule has 3 N–H and O–H groups in total. The summed E-state index contributed by atoms with van der Waals surface area (Å²) in [6.45, 7) is 0. The van der Waals surface area contributed by atoms with E-state index in [0.717, 1.165) is 49.0 Å². The fourth-order valence-corrected chi connectivity index (χ4v) is 4.31. The Kier molecular flexibility index (Phi) is 7.12. The first-order valence-corrected chi connectivity index (χ1v) is 11.3. The van der Waals surface area contributed by atoms with Crippen LogP contribution in [0.2, 0.25) is 5.02 Å². The monoisotopic (exact) mass is 449 g/mol. The van der Waals surface area contributed by atoms with Crippen LogP contribution in [0, 0.1) is 0 Å². The van der Waals surface area contributed by atoms with Crippen LogP contribution in [0.5, 0.6) is 0 Å². The van der Waals surface area contributed by atoms with Crippen molar-refractivity contribution in [2.45, 2.75) is 37.8 Å². The van der Waals surface area contributed by atoms with E-state index in [9.17, 15) is 4.79 Å². The predicted molar refractivity (Wildman–Crippen MR) is 132 cm³/mol. The van der Waals surface area contributed by atoms with Crippen LogP contribution < -0.4 is 16.0 Å². The Morgan fingerprint density at radius 2 is 1.72 bits per heavy atom. The van der Waals surface area contributed by atoms with Crippen molar-refractivity contribution in [3.8, 4) is 0 Å². The summed E-state index contributed by atoms with van der Waals surface area (Å²) >= 11 is 6.00. The van der Waals surface area contributed by atoms with Gasteiger partial charge in [-0.05, 0) is 74.4 Å². The molecule has 7 heteroatoms. The maximum absolute atomic E-state index is 12.0. The Balaban J connectivity index is 1.54. The third-order valence-corrected chi connectivity index (χ3v) is 6.06. The van der Waals surface area contributed by atoms with Gasteiger partial charge < -0.3 is 16.0 Å². The van der Waals surface area contributed by atoms with Crippen LogP contribution in [-0.4, -0.2) is 29.2 Å². The van der Waals surface area contributed by atoms with Crippen molar-refractivity contribution in [3.05, 3.63) is 77.1 Å². The normalized spacial score (nSPS) is 18.4. The van der Waals surface area contributed by atoms with Crippen LogP contribution in [-0.2, 0) is 0 Å². The molecule has 3 aromatic rings. The second-order valence-electron chi connectivity index (χ2n) is 7.98. The largest absolute Gasteiger partial charge is 0.394 e. The van der Waals surface area contributed by atoms with Gasteiger partial charge >= 0.3 is 0 Å². The van der Waals surface area contributed by atoms with E-state index in [4.69, 9.17) is 16.7 Å². The maximum Gasteiger partial charge on any atom is 0.163 e. The number of halogens is 1. The van der Waals surface area contributed by atoms with E-state index >= 15 is 0 Å². The number of nitrogens with zero attached hydrogens (tertiary/aromatic N) is 2. The molecule has 0 bridgehead atoms. The number of carbonyl (C=O) groups excluding carboxylic acids is 1. The SMILES string of the molecule is CN/C=C\c1c(C=O)c(Nc2ccc(Cl)cc2)nn1C1CCC(Nc2ccccc2)CC1. The van der Waals surface area contributed by atoms with Crippen molar-refractivity contribution in [2.75, 3.05) is 17.7 Å². The molecule has 0 saturated heterocycles. The van der Waals surface area contributed by atoms with Crippen molar-refractivity contribution in [2.24, 2.45) is 0 Å². The van der Waals surface area contributed by atoms with Gasteiger partial charge in [-0.25, -0.2) is 0 Å². The Morgan fingerprint density at radius 1 is 1.00 bits per heavy atom. The summed E-state index contributed by atoms with van der Waals surface area (Å²) in [6, 6.07) is 18.4. The number of aldehydes is 1. The number of hydrogen-bond donors (Lipinski definition) is 3. The molecular formula is C25H28ClN5O. The van der Waals surface area contributed by atoms with Crippen LogP contribution in [0.3, 0.4) is 0 Å². The number of anilines is 3. The minimum atomic E-state index is 0.236. The molecule has 0 aliphatic heterocycles. The first-order chi connectivity index (χ1) is 15.7. The number of para-hydroxylation sites is 1. The highest BCUT2D eigenvalue weighted by molar-refractivity contribution is 6.30. The van der Waals surface area contributed by atoms with E-state index in [0.29, 0.717) is 22.4 Å². The van der Waals surface area contributed by atoms with Gasteiger partial charge in [-0.3, -0.25) is 9.48 Å². The Morgan fingerprint density at radius 3 is 2.38 bits per heavy atom. The van der Waals surface area contributed by atoms with Gasteiger partial charge in [-0.2, -0.15) is 5.10 Å². The van der Waals surface area contributed by atoms with Gasteiger partial charge in [0, 0.05) is 29.5 Å². The molecule has 1 heterocycles. The second-order valence-corrected chi connectivity index (χ2v) is 8.42. The highest BCUT2D eigenvalue weighted by Crippen LogP contribution is 2.34. The number of nitrogens with one attached hydrogen (secondary N) is 3. The molecule has 6 nitrogen and oxygen atoms in total. The zero-order valence-electron chi connectivity index (χ0n) is 18.1. The lowest BCUT2D eigenvalue weighted by atomic mass is 9.91. The van der Waals surface area contributed by atoms with Gasteiger partial charge in [0.15, 0.2) is 12.1 Å². The highest BCUT2D eigenvalue weighted by atomic mass is 35.5. The fraction of sp³-hybridized carbons (Fsp3) is 0.280. The quantitative estimate of drug-likeness (QED) is 0.374. The van der Waals surface area contributed by atoms with Crippen molar-refractivity contribution in [1.29, 1.82) is 0 Å². The first kappa shape index (κ1) is 22.0. The molecule has 1 aliphatic carbocycles. The molecule has 166 valence electrons. The van der Waals surface area contributed by atoms with Crippen LogP contribution in [0.25, 0.3) is 6.08 Å². The summed E-state index contributed by atoms with van der Waals surface area (Å²) in [6.07, 6.45) is 8.69. The molecule has 0 unspecified atom stereocenters. The Labute approximate surface area is 193 Å². The van der Waals surface area contributed by atoms with Crippen LogP contribution >= 0.6 is 11.6 Å². The highest BCUT2D eigenvalue weighted by Gasteiger charge is 2.27. The molecular weight excluding hydrogens is 422 g/mol. The molecule has 1 aliphatic rings. The average molecular weight is 450 g/mol. The molecule has 32 heavy (non-hydrogen) atoms. The summed E-state index contributed by atoms with van der Waals surface area (Å²) in [5.41, 5.74) is 3.36. The summed E-state index contributed by atoms with van der Waals surface area (Å²) in [5.74, 6) is 0.558. The average Bonchev–Trinajstić information content (AvgIpc) is 3.17. The van der Waals surface area contributed by atoms with Crippen molar-refractivity contribution >= 4 is 41.2 Å². The summed E-state index contributed by atoms with van der Waals surface area (Å²) < 4.78 is 2.01. The zero-order valence-corrected chi connectivity index (χ0v) is 18.8. The molecule has 1 fully saturated rings. The smallest absolute Gasteiger partial charge is 0.163 e. The van der Waals surface area contributed by atoms with Crippen LogP contribution in [0.15, 0.2) is 60.8 Å². The van der Waals surface area contributed by atoms with Gasteiger partial charge in [0.25, 0.3) is 0 Å². The van der Waals surface area contributed by atoms with E-state index in [1.54, 1.807) is 0 Å². The van der Waals surface area contributed by atoms with Crippen molar-refractivity contribution < 1.29 is 4.79 Å². The molecule has 4 rings (SSSR count). The molecule has 2 aromatic carbocycles. The van der Waals surface area contributed by atoms with Gasteiger partial charge in [0.1, 0.15) is 0 Å².